The number of benzene rings is 2. The number of rotatable bonds is 6. The lowest BCUT2D eigenvalue weighted by Gasteiger charge is -2.14. The van der Waals surface area contributed by atoms with Gasteiger partial charge in [0.1, 0.15) is 5.75 Å². The zero-order valence-corrected chi connectivity index (χ0v) is 12.1. The second-order valence-electron chi connectivity index (χ2n) is 4.98. The van der Waals surface area contributed by atoms with Crippen LogP contribution in [0.3, 0.4) is 0 Å². The molecule has 0 saturated carbocycles. The number of hydrogen-bond donors (Lipinski definition) is 2. The van der Waals surface area contributed by atoms with Crippen LogP contribution in [0, 0.1) is 0 Å². The lowest BCUT2D eigenvalue weighted by atomic mass is 9.98. The van der Waals surface area contributed by atoms with Gasteiger partial charge in [-0.1, -0.05) is 37.3 Å². The average molecular weight is 270 g/mol. The number of ether oxygens (including phenoxy) is 1. The number of methoxy groups -OCH3 is 1. The standard InChI is InChI=1S/C17H22N2O/c1-13(14-6-4-3-5-7-14)10-11-19-15-8-9-16(18)17(12-15)20-2/h3-9,12-13,19H,10-11,18H2,1-2H3. The molecule has 0 aliphatic rings. The maximum absolute atomic E-state index is 5.80. The van der Waals surface area contributed by atoms with Crippen molar-refractivity contribution in [3.8, 4) is 5.75 Å². The predicted octanol–water partition coefficient (Wildman–Crippen LogP) is 3.88. The third-order valence-electron chi connectivity index (χ3n) is 3.51. The summed E-state index contributed by atoms with van der Waals surface area (Å²) in [5.41, 5.74) is 8.88. The molecule has 0 heterocycles. The van der Waals surface area contributed by atoms with Crippen molar-refractivity contribution in [3.63, 3.8) is 0 Å². The van der Waals surface area contributed by atoms with Crippen molar-refractivity contribution >= 4 is 11.4 Å². The van der Waals surface area contributed by atoms with E-state index in [9.17, 15) is 0 Å². The molecule has 0 radical (unpaired) electrons. The van der Waals surface area contributed by atoms with E-state index in [1.165, 1.54) is 5.56 Å². The molecule has 0 spiro atoms. The fourth-order valence-electron chi connectivity index (χ4n) is 2.20. The van der Waals surface area contributed by atoms with Gasteiger partial charge in [0.05, 0.1) is 12.8 Å². The van der Waals surface area contributed by atoms with Crippen molar-refractivity contribution in [2.75, 3.05) is 24.7 Å². The first-order valence-corrected chi connectivity index (χ1v) is 6.93. The molecule has 0 aromatic heterocycles. The summed E-state index contributed by atoms with van der Waals surface area (Å²) in [5.74, 6) is 1.26. The van der Waals surface area contributed by atoms with Crippen LogP contribution in [0.15, 0.2) is 48.5 Å². The number of nitrogen functional groups attached to an aromatic ring is 1. The maximum atomic E-state index is 5.80. The number of nitrogens with one attached hydrogen (secondary N) is 1. The van der Waals surface area contributed by atoms with Gasteiger partial charge in [-0.3, -0.25) is 0 Å². The molecular formula is C17H22N2O. The minimum Gasteiger partial charge on any atom is -0.495 e. The molecule has 1 unspecified atom stereocenters. The normalized spacial score (nSPS) is 11.9. The van der Waals surface area contributed by atoms with Crippen LogP contribution >= 0.6 is 0 Å². The van der Waals surface area contributed by atoms with Gasteiger partial charge in [-0.05, 0) is 30.0 Å². The SMILES string of the molecule is COc1cc(NCCC(C)c2ccccc2)ccc1N. The Morgan fingerprint density at radius 2 is 1.90 bits per heavy atom. The van der Waals surface area contributed by atoms with Gasteiger partial charge in [-0.2, -0.15) is 0 Å². The van der Waals surface area contributed by atoms with Crippen LogP contribution in [0.2, 0.25) is 0 Å². The summed E-state index contributed by atoms with van der Waals surface area (Å²) >= 11 is 0. The second kappa shape index (κ2) is 6.85. The summed E-state index contributed by atoms with van der Waals surface area (Å²) in [5, 5.41) is 3.41. The average Bonchev–Trinajstić information content (AvgIpc) is 2.49. The van der Waals surface area contributed by atoms with E-state index < -0.39 is 0 Å². The molecular weight excluding hydrogens is 248 g/mol. The highest BCUT2D eigenvalue weighted by atomic mass is 16.5. The van der Waals surface area contributed by atoms with Crippen LogP contribution in [0.25, 0.3) is 0 Å². The van der Waals surface area contributed by atoms with Crippen LogP contribution in [-0.2, 0) is 0 Å². The van der Waals surface area contributed by atoms with Crippen molar-refractivity contribution in [1.29, 1.82) is 0 Å². The molecule has 3 nitrogen and oxygen atoms in total. The van der Waals surface area contributed by atoms with E-state index in [0.29, 0.717) is 17.4 Å². The van der Waals surface area contributed by atoms with Gasteiger partial charge < -0.3 is 15.8 Å². The topological polar surface area (TPSA) is 47.3 Å². The van der Waals surface area contributed by atoms with Crippen molar-refractivity contribution in [3.05, 3.63) is 54.1 Å². The molecule has 106 valence electrons. The molecule has 2 aromatic carbocycles. The Hall–Kier alpha value is -2.16. The predicted molar refractivity (Wildman–Crippen MR) is 85.4 cm³/mol. The third-order valence-corrected chi connectivity index (χ3v) is 3.51. The minimum atomic E-state index is 0.541. The van der Waals surface area contributed by atoms with E-state index in [4.69, 9.17) is 10.5 Å². The van der Waals surface area contributed by atoms with Crippen LogP contribution < -0.4 is 15.8 Å². The molecule has 0 saturated heterocycles. The summed E-state index contributed by atoms with van der Waals surface area (Å²) < 4.78 is 5.22. The molecule has 0 aliphatic heterocycles. The van der Waals surface area contributed by atoms with E-state index in [2.05, 4.69) is 42.6 Å². The van der Waals surface area contributed by atoms with Crippen molar-refractivity contribution in [2.24, 2.45) is 0 Å². The molecule has 2 aromatic rings. The first-order valence-electron chi connectivity index (χ1n) is 6.93. The number of hydrogen-bond acceptors (Lipinski definition) is 3. The lowest BCUT2D eigenvalue weighted by Crippen LogP contribution is -2.06. The van der Waals surface area contributed by atoms with Gasteiger partial charge in [0, 0.05) is 18.3 Å². The van der Waals surface area contributed by atoms with E-state index in [1.54, 1.807) is 7.11 Å². The van der Waals surface area contributed by atoms with Gasteiger partial charge in [0.2, 0.25) is 0 Å². The quantitative estimate of drug-likeness (QED) is 0.783. The first kappa shape index (κ1) is 14.3. The Bertz CT molecular complexity index is 540. The molecule has 0 bridgehead atoms. The van der Waals surface area contributed by atoms with E-state index >= 15 is 0 Å². The van der Waals surface area contributed by atoms with Gasteiger partial charge >= 0.3 is 0 Å². The zero-order chi connectivity index (χ0) is 14.4. The Morgan fingerprint density at radius 3 is 2.60 bits per heavy atom. The van der Waals surface area contributed by atoms with Crippen LogP contribution in [-0.4, -0.2) is 13.7 Å². The molecule has 0 aliphatic carbocycles. The van der Waals surface area contributed by atoms with Gasteiger partial charge in [-0.15, -0.1) is 0 Å². The summed E-state index contributed by atoms with van der Waals surface area (Å²) in [4.78, 5) is 0. The fraction of sp³-hybridized carbons (Fsp3) is 0.294. The first-order chi connectivity index (χ1) is 9.70. The molecule has 0 amide bonds. The third kappa shape index (κ3) is 3.67. The number of anilines is 2. The second-order valence-corrected chi connectivity index (χ2v) is 4.98. The highest BCUT2D eigenvalue weighted by Gasteiger charge is 2.05. The Morgan fingerprint density at radius 1 is 1.15 bits per heavy atom. The van der Waals surface area contributed by atoms with Crippen LogP contribution in [0.5, 0.6) is 5.75 Å². The smallest absolute Gasteiger partial charge is 0.143 e. The van der Waals surface area contributed by atoms with E-state index in [-0.39, 0.29) is 0 Å². The van der Waals surface area contributed by atoms with Crippen LogP contribution in [0.4, 0.5) is 11.4 Å². The monoisotopic (exact) mass is 270 g/mol. The minimum absolute atomic E-state index is 0.541. The highest BCUT2D eigenvalue weighted by Crippen LogP contribution is 2.25. The van der Waals surface area contributed by atoms with Gasteiger partial charge in [-0.25, -0.2) is 0 Å². The summed E-state index contributed by atoms with van der Waals surface area (Å²) in [6, 6.07) is 16.4. The summed E-state index contributed by atoms with van der Waals surface area (Å²) in [6.45, 7) is 3.17. The molecule has 20 heavy (non-hydrogen) atoms. The summed E-state index contributed by atoms with van der Waals surface area (Å²) in [7, 11) is 1.63. The molecule has 3 N–H and O–H groups in total. The highest BCUT2D eigenvalue weighted by molar-refractivity contribution is 5.61. The molecule has 0 fully saturated rings. The molecule has 2 rings (SSSR count). The Balaban J connectivity index is 1.87. The maximum Gasteiger partial charge on any atom is 0.143 e. The fourth-order valence-corrected chi connectivity index (χ4v) is 2.20. The van der Waals surface area contributed by atoms with Gasteiger partial charge in [0.25, 0.3) is 0 Å². The van der Waals surface area contributed by atoms with Crippen LogP contribution in [0.1, 0.15) is 24.8 Å². The molecule has 3 heteroatoms. The number of nitrogens with two attached hydrogens (primary N) is 1. The van der Waals surface area contributed by atoms with Gasteiger partial charge in [0.15, 0.2) is 0 Å². The Labute approximate surface area is 120 Å². The zero-order valence-electron chi connectivity index (χ0n) is 12.1. The van der Waals surface area contributed by atoms with Crippen molar-refractivity contribution in [1.82, 2.24) is 0 Å². The van der Waals surface area contributed by atoms with Crippen molar-refractivity contribution < 1.29 is 4.74 Å². The largest absolute Gasteiger partial charge is 0.495 e. The summed E-state index contributed by atoms with van der Waals surface area (Å²) in [6.07, 6.45) is 1.08. The van der Waals surface area contributed by atoms with Crippen molar-refractivity contribution in [2.45, 2.75) is 19.3 Å². The lowest BCUT2D eigenvalue weighted by molar-refractivity contribution is 0.417. The van der Waals surface area contributed by atoms with E-state index in [1.807, 2.05) is 18.2 Å². The molecule has 1 atom stereocenters. The van der Waals surface area contributed by atoms with E-state index in [0.717, 1.165) is 18.7 Å². The Kier molecular flexibility index (Phi) is 4.88.